The molecule has 0 saturated carbocycles. The first-order valence-electron chi connectivity index (χ1n) is 17.6. The van der Waals surface area contributed by atoms with Crippen LogP contribution in [-0.4, -0.2) is 28.0 Å². The van der Waals surface area contributed by atoms with E-state index < -0.39 is 20.2 Å². The third-order valence-electron chi connectivity index (χ3n) is 8.00. The van der Waals surface area contributed by atoms with Gasteiger partial charge in [0.2, 0.25) is 0 Å². The highest BCUT2D eigenvalue weighted by atomic mass is 32.2. The molecule has 258 valence electrons. The second-order valence-electron chi connectivity index (χ2n) is 12.6. The van der Waals surface area contributed by atoms with Gasteiger partial charge in [-0.25, -0.2) is 0 Å². The maximum Gasteiger partial charge on any atom is 0.296 e. The Morgan fingerprint density at radius 1 is 0.600 bits per heavy atom. The van der Waals surface area contributed by atoms with Crippen LogP contribution >= 0.6 is 0 Å². The number of rotatable bonds is 25. The Balaban J connectivity index is 0.000000450. The molecule has 8 heteroatoms. The van der Waals surface area contributed by atoms with Crippen LogP contribution in [0.4, 0.5) is 0 Å². The third-order valence-corrected chi connectivity index (χ3v) is 10.3. The fraction of sp³-hybridized carbons (Fsp3) is 0.676. The van der Waals surface area contributed by atoms with Crippen LogP contribution in [0.3, 0.4) is 0 Å². The molecular formula is C37H62O6S2. The monoisotopic (exact) mass is 666 g/mol. The van der Waals surface area contributed by atoms with E-state index in [1.54, 1.807) is 42.5 Å². The molecule has 0 aliphatic carbocycles. The molecule has 0 bridgehead atoms. The summed E-state index contributed by atoms with van der Waals surface area (Å²) in [5.74, 6) is 0.821. The summed E-state index contributed by atoms with van der Waals surface area (Å²) < 4.78 is 60.6. The number of aryl methyl sites for hydroxylation is 1. The molecule has 0 fully saturated rings. The van der Waals surface area contributed by atoms with E-state index in [2.05, 4.69) is 20.8 Å². The van der Waals surface area contributed by atoms with Crippen LogP contribution in [0.15, 0.2) is 64.4 Å². The van der Waals surface area contributed by atoms with Gasteiger partial charge in [0.05, 0.1) is 16.4 Å². The molecule has 2 rings (SSSR count). The van der Waals surface area contributed by atoms with Crippen LogP contribution in [-0.2, 0) is 30.8 Å². The van der Waals surface area contributed by atoms with Gasteiger partial charge in [0.1, 0.15) is 0 Å². The summed E-state index contributed by atoms with van der Waals surface area (Å²) in [6.07, 6.45) is 24.2. The molecule has 0 unspecified atom stereocenters. The normalized spacial score (nSPS) is 11.8. The van der Waals surface area contributed by atoms with E-state index in [4.69, 9.17) is 4.18 Å². The minimum Gasteiger partial charge on any atom is -0.282 e. The number of benzene rings is 2. The molecule has 0 amide bonds. The average Bonchev–Trinajstić information content (AvgIpc) is 3.01. The Hall–Kier alpha value is -1.74. The minimum absolute atomic E-state index is 0.0610. The minimum atomic E-state index is -4.10. The summed E-state index contributed by atoms with van der Waals surface area (Å²) in [5, 5.41) is 0. The van der Waals surface area contributed by atoms with Crippen LogP contribution in [0.5, 0.6) is 0 Å². The molecule has 0 heterocycles. The highest BCUT2D eigenvalue weighted by molar-refractivity contribution is 7.86. The van der Waals surface area contributed by atoms with E-state index in [1.807, 2.05) is 6.07 Å². The Morgan fingerprint density at radius 2 is 1.07 bits per heavy atom. The second kappa shape index (κ2) is 25.4. The summed E-state index contributed by atoms with van der Waals surface area (Å²) in [6.45, 7) is 7.08. The van der Waals surface area contributed by atoms with Gasteiger partial charge in [-0.15, -0.1) is 0 Å². The SMILES string of the molecule is CC(C)CCCCCCCCCCOS(=O)(=O)c1ccccc1.CCCCCCCCCCCCc1ccccc1S(=O)(=O)O. The van der Waals surface area contributed by atoms with Gasteiger partial charge in [0, 0.05) is 0 Å². The lowest BCUT2D eigenvalue weighted by atomic mass is 10.0. The summed E-state index contributed by atoms with van der Waals surface area (Å²) in [5.41, 5.74) is 0.726. The summed E-state index contributed by atoms with van der Waals surface area (Å²) >= 11 is 0. The highest BCUT2D eigenvalue weighted by Gasteiger charge is 2.14. The number of hydrogen-bond donors (Lipinski definition) is 1. The lowest BCUT2D eigenvalue weighted by Crippen LogP contribution is -2.07. The van der Waals surface area contributed by atoms with Crippen LogP contribution in [0.1, 0.15) is 148 Å². The standard InChI is InChI=1S/C19H32O3S.C18H30O3S/c1-18(2)14-10-7-5-3-4-6-8-13-17-22-23(20,21)19-15-11-9-12-16-19;1-2-3-4-5-6-7-8-9-10-11-14-17-15-12-13-16-18(17)22(19,20)21/h9,11-12,15-16,18H,3-8,10,13-14,17H2,1-2H3;12-13,15-16H,2-11,14H2,1H3,(H,19,20,21). The first-order valence-corrected chi connectivity index (χ1v) is 20.4. The molecule has 2 aromatic rings. The first kappa shape index (κ1) is 41.3. The lowest BCUT2D eigenvalue weighted by molar-refractivity contribution is 0.306. The molecule has 0 aliphatic heterocycles. The van der Waals surface area contributed by atoms with Gasteiger partial charge in [-0.05, 0) is 48.9 Å². The third kappa shape index (κ3) is 21.6. The molecule has 0 atom stereocenters. The largest absolute Gasteiger partial charge is 0.296 e. The summed E-state index contributed by atoms with van der Waals surface area (Å²) in [7, 11) is -7.67. The fourth-order valence-electron chi connectivity index (χ4n) is 5.30. The number of hydrogen-bond acceptors (Lipinski definition) is 5. The van der Waals surface area contributed by atoms with Crippen LogP contribution in [0.2, 0.25) is 0 Å². The molecule has 2 aromatic carbocycles. The van der Waals surface area contributed by atoms with Crippen molar-refractivity contribution in [1.82, 2.24) is 0 Å². The van der Waals surface area contributed by atoms with Crippen molar-refractivity contribution in [1.29, 1.82) is 0 Å². The van der Waals surface area contributed by atoms with Gasteiger partial charge in [0.15, 0.2) is 0 Å². The van der Waals surface area contributed by atoms with E-state index in [0.717, 1.165) is 37.2 Å². The Kier molecular flexibility index (Phi) is 23.3. The van der Waals surface area contributed by atoms with Gasteiger partial charge in [-0.3, -0.25) is 8.74 Å². The van der Waals surface area contributed by atoms with E-state index in [0.29, 0.717) is 6.42 Å². The fourth-order valence-corrected chi connectivity index (χ4v) is 7.02. The maximum absolute atomic E-state index is 11.9. The molecule has 0 aromatic heterocycles. The van der Waals surface area contributed by atoms with Crippen LogP contribution in [0.25, 0.3) is 0 Å². The summed E-state index contributed by atoms with van der Waals surface area (Å²) in [4.78, 5) is 0.298. The molecule has 0 saturated heterocycles. The van der Waals surface area contributed by atoms with Crippen molar-refractivity contribution in [2.45, 2.75) is 159 Å². The molecule has 45 heavy (non-hydrogen) atoms. The molecule has 0 radical (unpaired) electrons. The second-order valence-corrected chi connectivity index (χ2v) is 15.6. The zero-order valence-corrected chi connectivity index (χ0v) is 30.1. The smallest absolute Gasteiger partial charge is 0.282 e. The topological polar surface area (TPSA) is 97.7 Å². The van der Waals surface area contributed by atoms with Crippen molar-refractivity contribution >= 4 is 20.2 Å². The molecule has 0 aliphatic rings. The van der Waals surface area contributed by atoms with E-state index >= 15 is 0 Å². The first-order chi connectivity index (χ1) is 21.6. The molecular weight excluding hydrogens is 605 g/mol. The van der Waals surface area contributed by atoms with Gasteiger partial charge >= 0.3 is 0 Å². The van der Waals surface area contributed by atoms with Gasteiger partial charge < -0.3 is 0 Å². The quantitative estimate of drug-likeness (QED) is 0.0643. The summed E-state index contributed by atoms with van der Waals surface area (Å²) in [6, 6.07) is 15.1. The van der Waals surface area contributed by atoms with Crippen molar-refractivity contribution in [3.05, 3.63) is 60.2 Å². The maximum atomic E-state index is 11.9. The average molecular weight is 667 g/mol. The molecule has 1 N–H and O–H groups in total. The van der Waals surface area contributed by atoms with Gasteiger partial charge in [-0.2, -0.15) is 16.8 Å². The van der Waals surface area contributed by atoms with Crippen molar-refractivity contribution in [3.8, 4) is 0 Å². The zero-order valence-electron chi connectivity index (χ0n) is 28.4. The van der Waals surface area contributed by atoms with Crippen molar-refractivity contribution in [2.24, 2.45) is 5.92 Å². The zero-order chi connectivity index (χ0) is 33.2. The molecule has 6 nitrogen and oxygen atoms in total. The van der Waals surface area contributed by atoms with Gasteiger partial charge in [-0.1, -0.05) is 166 Å². The number of unbranched alkanes of at least 4 members (excludes halogenated alkanes) is 16. The molecule has 0 spiro atoms. The lowest BCUT2D eigenvalue weighted by Gasteiger charge is -2.07. The Bertz CT molecular complexity index is 1190. The van der Waals surface area contributed by atoms with Crippen LogP contribution in [0, 0.1) is 5.92 Å². The predicted molar refractivity (Wildman–Crippen MR) is 188 cm³/mol. The predicted octanol–water partition coefficient (Wildman–Crippen LogP) is 11.0. The highest BCUT2D eigenvalue weighted by Crippen LogP contribution is 2.19. The Labute approximate surface area is 276 Å². The van der Waals surface area contributed by atoms with Gasteiger partial charge in [0.25, 0.3) is 20.2 Å². The van der Waals surface area contributed by atoms with Crippen LogP contribution < -0.4 is 0 Å². The Morgan fingerprint density at radius 3 is 1.60 bits per heavy atom. The van der Waals surface area contributed by atoms with Crippen molar-refractivity contribution in [3.63, 3.8) is 0 Å². The van der Waals surface area contributed by atoms with Crippen molar-refractivity contribution < 1.29 is 25.6 Å². The van der Waals surface area contributed by atoms with E-state index in [9.17, 15) is 21.4 Å². The van der Waals surface area contributed by atoms with E-state index in [1.165, 1.54) is 102 Å². The van der Waals surface area contributed by atoms with Crippen molar-refractivity contribution in [2.75, 3.05) is 6.61 Å². The van der Waals surface area contributed by atoms with E-state index in [-0.39, 0.29) is 16.4 Å².